The van der Waals surface area contributed by atoms with Gasteiger partial charge in [0.05, 0.1) is 5.75 Å². The summed E-state index contributed by atoms with van der Waals surface area (Å²) in [5.74, 6) is 1.50. The van der Waals surface area contributed by atoms with Crippen LogP contribution in [0.1, 0.15) is 6.42 Å². The monoisotopic (exact) mass is 322 g/mol. The van der Waals surface area contributed by atoms with Crippen LogP contribution >= 0.6 is 15.9 Å². The van der Waals surface area contributed by atoms with Gasteiger partial charge in [-0.25, -0.2) is 18.4 Å². The van der Waals surface area contributed by atoms with Crippen LogP contribution in [-0.2, 0) is 9.84 Å². The molecule has 2 N–H and O–H groups in total. The van der Waals surface area contributed by atoms with Crippen LogP contribution in [-0.4, -0.2) is 44.0 Å². The van der Waals surface area contributed by atoms with Crippen molar-refractivity contribution in [3.05, 3.63) is 10.8 Å². The zero-order valence-electron chi connectivity index (χ0n) is 9.70. The minimum Gasteiger partial charge on any atom is -0.372 e. The van der Waals surface area contributed by atoms with E-state index in [4.69, 9.17) is 0 Å². The minimum atomic E-state index is -2.90. The zero-order valence-corrected chi connectivity index (χ0v) is 12.1. The maximum absolute atomic E-state index is 10.9. The molecule has 0 aliphatic heterocycles. The second kappa shape index (κ2) is 6.15. The molecule has 1 heterocycles. The fourth-order valence-electron chi connectivity index (χ4n) is 1.21. The molecule has 0 saturated carbocycles. The molecule has 1 rings (SSSR count). The summed E-state index contributed by atoms with van der Waals surface area (Å²) in [5.41, 5.74) is 0. The van der Waals surface area contributed by atoms with E-state index in [2.05, 4.69) is 36.5 Å². The van der Waals surface area contributed by atoms with Crippen LogP contribution in [0.3, 0.4) is 0 Å². The predicted octanol–water partition coefficient (Wildman–Crippen LogP) is 1.13. The lowest BCUT2D eigenvalue weighted by Crippen LogP contribution is -2.11. The molecule has 1 aromatic heterocycles. The summed E-state index contributed by atoms with van der Waals surface area (Å²) < 4.78 is 22.6. The van der Waals surface area contributed by atoms with Crippen molar-refractivity contribution in [3.63, 3.8) is 0 Å². The van der Waals surface area contributed by atoms with Crippen LogP contribution < -0.4 is 10.6 Å². The number of hydrogen-bond donors (Lipinski definition) is 2. The van der Waals surface area contributed by atoms with Gasteiger partial charge in [-0.05, 0) is 22.4 Å². The first-order valence-electron chi connectivity index (χ1n) is 5.04. The molecular weight excluding hydrogens is 308 g/mol. The topological polar surface area (TPSA) is 84.0 Å². The highest BCUT2D eigenvalue weighted by atomic mass is 79.9. The predicted molar refractivity (Wildman–Crippen MR) is 72.1 cm³/mol. The Labute approximate surface area is 109 Å². The van der Waals surface area contributed by atoms with E-state index >= 15 is 0 Å². The third-order valence-corrected chi connectivity index (χ3v) is 3.79. The van der Waals surface area contributed by atoms with Gasteiger partial charge in [0.15, 0.2) is 0 Å². The molecule has 0 saturated heterocycles. The molecule has 17 heavy (non-hydrogen) atoms. The number of nitrogens with zero attached hydrogens (tertiary/aromatic N) is 2. The maximum atomic E-state index is 10.9. The molecule has 0 amide bonds. The van der Waals surface area contributed by atoms with E-state index < -0.39 is 9.84 Å². The van der Waals surface area contributed by atoms with Crippen LogP contribution in [0.2, 0.25) is 0 Å². The van der Waals surface area contributed by atoms with Gasteiger partial charge in [0.1, 0.15) is 32.3 Å². The molecule has 0 spiro atoms. The SMILES string of the molecule is CNc1ncnc(NCCCS(C)(=O)=O)c1Br. The van der Waals surface area contributed by atoms with Gasteiger partial charge < -0.3 is 10.6 Å². The molecule has 1 aromatic rings. The van der Waals surface area contributed by atoms with Crippen LogP contribution in [0.5, 0.6) is 0 Å². The van der Waals surface area contributed by atoms with Crippen LogP contribution in [0.25, 0.3) is 0 Å². The first kappa shape index (κ1) is 14.2. The van der Waals surface area contributed by atoms with Crippen LogP contribution in [0.4, 0.5) is 11.6 Å². The normalized spacial score (nSPS) is 11.2. The number of anilines is 2. The molecule has 6 nitrogen and oxygen atoms in total. The summed E-state index contributed by atoms with van der Waals surface area (Å²) in [5, 5.41) is 5.97. The van der Waals surface area contributed by atoms with Crippen molar-refractivity contribution >= 4 is 37.4 Å². The van der Waals surface area contributed by atoms with E-state index in [9.17, 15) is 8.42 Å². The number of hydrogen-bond acceptors (Lipinski definition) is 6. The number of nitrogens with one attached hydrogen (secondary N) is 2. The Morgan fingerprint density at radius 2 is 2.00 bits per heavy atom. The van der Waals surface area contributed by atoms with E-state index in [1.54, 1.807) is 7.05 Å². The van der Waals surface area contributed by atoms with Gasteiger partial charge >= 0.3 is 0 Å². The Balaban J connectivity index is 2.52. The van der Waals surface area contributed by atoms with Gasteiger partial charge in [-0.3, -0.25) is 0 Å². The van der Waals surface area contributed by atoms with Crippen molar-refractivity contribution in [2.75, 3.05) is 36.2 Å². The van der Waals surface area contributed by atoms with Crippen molar-refractivity contribution < 1.29 is 8.42 Å². The van der Waals surface area contributed by atoms with Crippen molar-refractivity contribution in [2.24, 2.45) is 0 Å². The number of rotatable bonds is 6. The molecule has 0 aliphatic carbocycles. The summed E-state index contributed by atoms with van der Waals surface area (Å²) in [7, 11) is -1.13. The Kier molecular flexibility index (Phi) is 5.13. The zero-order chi connectivity index (χ0) is 12.9. The van der Waals surface area contributed by atoms with Gasteiger partial charge in [0.2, 0.25) is 0 Å². The van der Waals surface area contributed by atoms with E-state index in [0.717, 1.165) is 4.47 Å². The third kappa shape index (κ3) is 4.86. The Bertz CT molecular complexity index is 478. The largest absolute Gasteiger partial charge is 0.372 e. The van der Waals surface area contributed by atoms with Gasteiger partial charge in [-0.15, -0.1) is 0 Å². The van der Waals surface area contributed by atoms with Crippen molar-refractivity contribution in [1.82, 2.24) is 9.97 Å². The van der Waals surface area contributed by atoms with E-state index in [0.29, 0.717) is 24.6 Å². The molecule has 96 valence electrons. The fourth-order valence-corrected chi connectivity index (χ4v) is 2.42. The molecule has 0 radical (unpaired) electrons. The fraction of sp³-hybridized carbons (Fsp3) is 0.556. The highest BCUT2D eigenvalue weighted by Crippen LogP contribution is 2.25. The third-order valence-electron chi connectivity index (χ3n) is 2.01. The van der Waals surface area contributed by atoms with Crippen LogP contribution in [0.15, 0.2) is 10.8 Å². The quantitative estimate of drug-likeness (QED) is 0.764. The summed E-state index contributed by atoms with van der Waals surface area (Å²) in [4.78, 5) is 8.08. The molecule has 0 bridgehead atoms. The Morgan fingerprint density at radius 1 is 1.35 bits per heavy atom. The van der Waals surface area contributed by atoms with E-state index in [1.807, 2.05) is 0 Å². The highest BCUT2D eigenvalue weighted by molar-refractivity contribution is 9.10. The van der Waals surface area contributed by atoms with Gasteiger partial charge in [-0.2, -0.15) is 0 Å². The average molecular weight is 323 g/mol. The first-order valence-corrected chi connectivity index (χ1v) is 7.89. The maximum Gasteiger partial charge on any atom is 0.147 e. The van der Waals surface area contributed by atoms with Gasteiger partial charge in [0.25, 0.3) is 0 Å². The van der Waals surface area contributed by atoms with Crippen molar-refractivity contribution in [3.8, 4) is 0 Å². The molecule has 0 unspecified atom stereocenters. The molecule has 0 atom stereocenters. The smallest absolute Gasteiger partial charge is 0.147 e. The second-order valence-corrected chi connectivity index (χ2v) is 6.60. The molecule has 0 aliphatic rings. The van der Waals surface area contributed by atoms with E-state index in [1.165, 1.54) is 12.6 Å². The number of sulfone groups is 1. The van der Waals surface area contributed by atoms with Crippen LogP contribution in [0, 0.1) is 0 Å². The summed E-state index contributed by atoms with van der Waals surface area (Å²) in [6.07, 6.45) is 3.21. The van der Waals surface area contributed by atoms with E-state index in [-0.39, 0.29) is 5.75 Å². The minimum absolute atomic E-state index is 0.168. The Morgan fingerprint density at radius 3 is 2.59 bits per heavy atom. The molecule has 8 heteroatoms. The van der Waals surface area contributed by atoms with Crippen molar-refractivity contribution in [1.29, 1.82) is 0 Å². The molecule has 0 aromatic carbocycles. The highest BCUT2D eigenvalue weighted by Gasteiger charge is 2.07. The summed E-state index contributed by atoms with van der Waals surface area (Å²) in [6, 6.07) is 0. The lowest BCUT2D eigenvalue weighted by Gasteiger charge is -2.09. The first-order chi connectivity index (χ1) is 7.94. The summed E-state index contributed by atoms with van der Waals surface area (Å²) in [6.45, 7) is 0.547. The number of aromatic nitrogens is 2. The standard InChI is InChI=1S/C9H15BrN4O2S/c1-11-8-7(10)9(14-6-13-8)12-4-3-5-17(2,15)16/h6H,3-5H2,1-2H3,(H2,11,12,13,14). The van der Waals surface area contributed by atoms with Crippen molar-refractivity contribution in [2.45, 2.75) is 6.42 Å². The molecule has 0 fully saturated rings. The lowest BCUT2D eigenvalue weighted by molar-refractivity contribution is 0.600. The second-order valence-electron chi connectivity index (χ2n) is 3.55. The Hall–Kier alpha value is -0.890. The molecular formula is C9H15BrN4O2S. The summed E-state index contributed by atoms with van der Waals surface area (Å²) >= 11 is 3.36. The number of halogens is 1. The lowest BCUT2D eigenvalue weighted by atomic mass is 10.4. The van der Waals surface area contributed by atoms with Gasteiger partial charge in [-0.1, -0.05) is 0 Å². The average Bonchev–Trinajstić information content (AvgIpc) is 2.25. The van der Waals surface area contributed by atoms with Gasteiger partial charge in [0, 0.05) is 19.8 Å².